The number of halogens is 2. The second kappa shape index (κ2) is 7.57. The van der Waals surface area contributed by atoms with E-state index in [1.165, 1.54) is 4.90 Å². The van der Waals surface area contributed by atoms with Gasteiger partial charge in [-0.05, 0) is 36.6 Å². The van der Waals surface area contributed by atoms with Gasteiger partial charge in [0, 0.05) is 13.0 Å². The SMILES string of the molecule is CCCN(CC(=O)O)C(=O)CCc1cc(F)ccc1F. The monoisotopic (exact) mass is 285 g/mol. The molecule has 20 heavy (non-hydrogen) atoms. The summed E-state index contributed by atoms with van der Waals surface area (Å²) < 4.78 is 26.4. The van der Waals surface area contributed by atoms with Crippen LogP contribution in [0.3, 0.4) is 0 Å². The Morgan fingerprint density at radius 2 is 2.00 bits per heavy atom. The van der Waals surface area contributed by atoms with Crippen molar-refractivity contribution in [3.8, 4) is 0 Å². The van der Waals surface area contributed by atoms with E-state index in [0.717, 1.165) is 18.2 Å². The minimum absolute atomic E-state index is 0.0439. The largest absolute Gasteiger partial charge is 0.480 e. The fraction of sp³-hybridized carbons (Fsp3) is 0.429. The van der Waals surface area contributed by atoms with E-state index in [9.17, 15) is 18.4 Å². The molecule has 0 aliphatic rings. The fourth-order valence-electron chi connectivity index (χ4n) is 1.86. The molecule has 0 unspecified atom stereocenters. The first-order valence-electron chi connectivity index (χ1n) is 6.37. The minimum Gasteiger partial charge on any atom is -0.480 e. The molecule has 0 saturated carbocycles. The zero-order valence-corrected chi connectivity index (χ0v) is 11.2. The second-order valence-corrected chi connectivity index (χ2v) is 4.44. The van der Waals surface area contributed by atoms with Crippen LogP contribution < -0.4 is 0 Å². The number of carboxylic acid groups (broad SMARTS) is 1. The topological polar surface area (TPSA) is 57.6 Å². The highest BCUT2D eigenvalue weighted by molar-refractivity contribution is 5.81. The Bertz CT molecular complexity index is 491. The fourth-order valence-corrected chi connectivity index (χ4v) is 1.86. The smallest absolute Gasteiger partial charge is 0.323 e. The van der Waals surface area contributed by atoms with E-state index >= 15 is 0 Å². The molecule has 1 N–H and O–H groups in total. The van der Waals surface area contributed by atoms with Gasteiger partial charge in [0.1, 0.15) is 18.2 Å². The molecule has 0 heterocycles. The molecule has 0 radical (unpaired) electrons. The molecule has 0 atom stereocenters. The van der Waals surface area contributed by atoms with Crippen molar-refractivity contribution in [1.82, 2.24) is 4.90 Å². The van der Waals surface area contributed by atoms with Gasteiger partial charge in [-0.25, -0.2) is 8.78 Å². The summed E-state index contributed by atoms with van der Waals surface area (Å²) in [6, 6.07) is 3.06. The van der Waals surface area contributed by atoms with E-state index in [2.05, 4.69) is 0 Å². The maximum Gasteiger partial charge on any atom is 0.323 e. The third-order valence-corrected chi connectivity index (χ3v) is 2.79. The van der Waals surface area contributed by atoms with Gasteiger partial charge in [-0.15, -0.1) is 0 Å². The zero-order chi connectivity index (χ0) is 15.1. The second-order valence-electron chi connectivity index (χ2n) is 4.44. The van der Waals surface area contributed by atoms with Crippen LogP contribution in [-0.2, 0) is 16.0 Å². The van der Waals surface area contributed by atoms with Gasteiger partial charge in [0.2, 0.25) is 5.91 Å². The first-order valence-corrected chi connectivity index (χ1v) is 6.37. The average Bonchev–Trinajstić information content (AvgIpc) is 2.38. The van der Waals surface area contributed by atoms with Gasteiger partial charge >= 0.3 is 5.97 Å². The van der Waals surface area contributed by atoms with Gasteiger partial charge in [-0.3, -0.25) is 9.59 Å². The standard InChI is InChI=1S/C14H17F2NO3/c1-2-7-17(9-14(19)20)13(18)6-3-10-8-11(15)4-5-12(10)16/h4-5,8H,2-3,6-7,9H2,1H3,(H,19,20). The predicted molar refractivity (Wildman–Crippen MR) is 69.2 cm³/mol. The summed E-state index contributed by atoms with van der Waals surface area (Å²) in [6.45, 7) is 1.78. The molecule has 4 nitrogen and oxygen atoms in total. The molecule has 6 heteroatoms. The number of carboxylic acids is 1. The number of benzene rings is 1. The molecule has 0 saturated heterocycles. The van der Waals surface area contributed by atoms with Gasteiger partial charge in [0.15, 0.2) is 0 Å². The summed E-state index contributed by atoms with van der Waals surface area (Å²) in [5.41, 5.74) is 0.116. The van der Waals surface area contributed by atoms with Crippen molar-refractivity contribution in [1.29, 1.82) is 0 Å². The molecule has 0 fully saturated rings. The lowest BCUT2D eigenvalue weighted by Gasteiger charge is -2.19. The Hall–Kier alpha value is -1.98. The highest BCUT2D eigenvalue weighted by Gasteiger charge is 2.16. The lowest BCUT2D eigenvalue weighted by molar-refractivity contribution is -0.144. The number of hydrogen-bond donors (Lipinski definition) is 1. The van der Waals surface area contributed by atoms with Crippen molar-refractivity contribution in [3.63, 3.8) is 0 Å². The van der Waals surface area contributed by atoms with Crippen molar-refractivity contribution in [2.24, 2.45) is 0 Å². The van der Waals surface area contributed by atoms with Gasteiger partial charge < -0.3 is 10.0 Å². The van der Waals surface area contributed by atoms with E-state index < -0.39 is 17.6 Å². The van der Waals surface area contributed by atoms with Gasteiger partial charge in [0.25, 0.3) is 0 Å². The molecule has 110 valence electrons. The first kappa shape index (κ1) is 16.1. The van der Waals surface area contributed by atoms with Gasteiger partial charge in [-0.2, -0.15) is 0 Å². The molecule has 0 spiro atoms. The minimum atomic E-state index is -1.09. The Morgan fingerprint density at radius 1 is 1.30 bits per heavy atom. The molecular weight excluding hydrogens is 268 g/mol. The predicted octanol–water partition coefficient (Wildman–Crippen LogP) is 2.22. The van der Waals surface area contributed by atoms with Crippen LogP contribution in [-0.4, -0.2) is 35.0 Å². The normalized spacial score (nSPS) is 10.3. The molecule has 0 aliphatic carbocycles. The van der Waals surface area contributed by atoms with Crippen LogP contribution in [0.4, 0.5) is 8.78 Å². The molecule has 1 amide bonds. The number of aryl methyl sites for hydroxylation is 1. The summed E-state index contributed by atoms with van der Waals surface area (Å²) in [6.07, 6.45) is 0.628. The van der Waals surface area contributed by atoms with Crippen molar-refractivity contribution in [3.05, 3.63) is 35.4 Å². The summed E-state index contributed by atoms with van der Waals surface area (Å²) in [7, 11) is 0. The van der Waals surface area contributed by atoms with Crippen LogP contribution in [0.5, 0.6) is 0 Å². The van der Waals surface area contributed by atoms with Crippen LogP contribution in [0.1, 0.15) is 25.3 Å². The summed E-state index contributed by atoms with van der Waals surface area (Å²) in [4.78, 5) is 23.8. The van der Waals surface area contributed by atoms with Gasteiger partial charge in [-0.1, -0.05) is 6.92 Å². The molecule has 1 rings (SSSR count). The van der Waals surface area contributed by atoms with Gasteiger partial charge in [0.05, 0.1) is 0 Å². The highest BCUT2D eigenvalue weighted by Crippen LogP contribution is 2.12. The number of amides is 1. The lowest BCUT2D eigenvalue weighted by Crippen LogP contribution is -2.36. The Labute approximate surface area is 116 Å². The van der Waals surface area contributed by atoms with Crippen LogP contribution >= 0.6 is 0 Å². The summed E-state index contributed by atoms with van der Waals surface area (Å²) >= 11 is 0. The third-order valence-electron chi connectivity index (χ3n) is 2.79. The Balaban J connectivity index is 2.64. The number of carbonyl (C=O) groups excluding carboxylic acids is 1. The summed E-state index contributed by atoms with van der Waals surface area (Å²) in [5, 5.41) is 8.72. The van der Waals surface area contributed by atoms with Crippen molar-refractivity contribution < 1.29 is 23.5 Å². The molecular formula is C14H17F2NO3. The molecule has 0 aromatic heterocycles. The number of carbonyl (C=O) groups is 2. The maximum absolute atomic E-state index is 13.4. The van der Waals surface area contributed by atoms with Crippen molar-refractivity contribution in [2.75, 3.05) is 13.1 Å². The van der Waals surface area contributed by atoms with Crippen molar-refractivity contribution in [2.45, 2.75) is 26.2 Å². The molecule has 1 aromatic rings. The maximum atomic E-state index is 13.4. The Morgan fingerprint density at radius 3 is 2.60 bits per heavy atom. The van der Waals surface area contributed by atoms with E-state index in [0.29, 0.717) is 13.0 Å². The van der Waals surface area contributed by atoms with Crippen LogP contribution in [0, 0.1) is 11.6 Å². The van der Waals surface area contributed by atoms with E-state index in [-0.39, 0.29) is 30.9 Å². The third kappa shape index (κ3) is 4.95. The Kier molecular flexibility index (Phi) is 6.09. The number of rotatable bonds is 7. The van der Waals surface area contributed by atoms with E-state index in [1.807, 2.05) is 6.92 Å². The van der Waals surface area contributed by atoms with Crippen molar-refractivity contribution >= 4 is 11.9 Å². The number of hydrogen-bond acceptors (Lipinski definition) is 2. The zero-order valence-electron chi connectivity index (χ0n) is 11.2. The van der Waals surface area contributed by atoms with Crippen LogP contribution in [0.2, 0.25) is 0 Å². The number of aliphatic carboxylic acids is 1. The van der Waals surface area contributed by atoms with E-state index in [1.54, 1.807) is 0 Å². The molecule has 0 bridgehead atoms. The molecule has 0 aliphatic heterocycles. The van der Waals surface area contributed by atoms with E-state index in [4.69, 9.17) is 5.11 Å². The summed E-state index contributed by atoms with van der Waals surface area (Å²) in [5.74, 6) is -2.61. The molecule has 1 aromatic carbocycles. The van der Waals surface area contributed by atoms with Crippen LogP contribution in [0.15, 0.2) is 18.2 Å². The number of nitrogens with zero attached hydrogens (tertiary/aromatic N) is 1. The average molecular weight is 285 g/mol. The first-order chi connectivity index (χ1) is 9.43. The van der Waals surface area contributed by atoms with Crippen LogP contribution in [0.25, 0.3) is 0 Å². The lowest BCUT2D eigenvalue weighted by atomic mass is 10.1. The quantitative estimate of drug-likeness (QED) is 0.835. The highest BCUT2D eigenvalue weighted by atomic mass is 19.1.